The lowest BCUT2D eigenvalue weighted by Gasteiger charge is -2.35. The van der Waals surface area contributed by atoms with Crippen molar-refractivity contribution in [2.24, 2.45) is 0 Å². The topological polar surface area (TPSA) is 59.1 Å². The lowest BCUT2D eigenvalue weighted by molar-refractivity contribution is 0.0139. The summed E-state index contributed by atoms with van der Waals surface area (Å²) in [5.41, 5.74) is 1.22. The molecule has 26 heavy (non-hydrogen) atoms. The first-order valence-electron chi connectivity index (χ1n) is 9.16. The first-order chi connectivity index (χ1) is 12.3. The number of amides is 1. The van der Waals surface area contributed by atoms with Crippen LogP contribution in [0.25, 0.3) is 0 Å². The van der Waals surface area contributed by atoms with Gasteiger partial charge in [0.1, 0.15) is 5.60 Å². The van der Waals surface area contributed by atoms with Crippen molar-refractivity contribution < 1.29 is 19.1 Å². The van der Waals surface area contributed by atoms with Crippen molar-refractivity contribution in [3.8, 4) is 0 Å². The Morgan fingerprint density at radius 1 is 1.00 bits per heavy atom. The van der Waals surface area contributed by atoms with E-state index in [2.05, 4.69) is 4.90 Å². The zero-order chi connectivity index (χ0) is 19.7. The van der Waals surface area contributed by atoms with E-state index in [0.29, 0.717) is 18.7 Å². The number of carbonyl (C=O) groups excluding carboxylic acids is 2. The Kier molecular flexibility index (Phi) is 8.58. The van der Waals surface area contributed by atoms with Gasteiger partial charge in [0.05, 0.1) is 12.7 Å². The molecule has 0 aliphatic carbocycles. The first-order valence-corrected chi connectivity index (χ1v) is 9.16. The Morgan fingerprint density at radius 2 is 1.54 bits per heavy atom. The average molecular weight is 364 g/mol. The Bertz CT molecular complexity index is 570. The second kappa shape index (κ2) is 10.2. The minimum atomic E-state index is -0.463. The summed E-state index contributed by atoms with van der Waals surface area (Å²) in [7, 11) is 1.38. The highest BCUT2D eigenvalue weighted by atomic mass is 16.6. The number of hydrogen-bond acceptors (Lipinski definition) is 5. The van der Waals surface area contributed by atoms with Gasteiger partial charge >= 0.3 is 12.1 Å². The molecular formula is C20H32N2O4. The summed E-state index contributed by atoms with van der Waals surface area (Å²) < 4.78 is 10.1. The van der Waals surface area contributed by atoms with Crippen LogP contribution in [-0.2, 0) is 16.0 Å². The van der Waals surface area contributed by atoms with Crippen molar-refractivity contribution in [3.63, 3.8) is 0 Å². The fraction of sp³-hybridized carbons (Fsp3) is 0.600. The number of benzene rings is 1. The third kappa shape index (κ3) is 7.04. The zero-order valence-electron chi connectivity index (χ0n) is 16.9. The summed E-state index contributed by atoms with van der Waals surface area (Å²) in [4.78, 5) is 27.5. The number of piperazine rings is 1. The highest BCUT2D eigenvalue weighted by molar-refractivity contribution is 5.89. The van der Waals surface area contributed by atoms with E-state index in [4.69, 9.17) is 9.47 Å². The first kappa shape index (κ1) is 22.0. The number of carbonyl (C=O) groups is 2. The molecule has 1 amide bonds. The maximum Gasteiger partial charge on any atom is 0.410 e. The van der Waals surface area contributed by atoms with Crippen molar-refractivity contribution in [1.82, 2.24) is 9.80 Å². The van der Waals surface area contributed by atoms with Crippen LogP contribution in [-0.4, -0.2) is 60.8 Å². The molecule has 0 N–H and O–H groups in total. The van der Waals surface area contributed by atoms with Gasteiger partial charge < -0.3 is 14.4 Å². The van der Waals surface area contributed by atoms with Crippen molar-refractivity contribution in [2.75, 3.05) is 33.3 Å². The minimum absolute atomic E-state index is 0.246. The van der Waals surface area contributed by atoms with Crippen LogP contribution in [0, 0.1) is 0 Å². The SMILES string of the molecule is CC.COC(=O)c1ccc(CN2CCN(C(=O)OC(C)(C)C)CC2)cc1. The molecule has 0 spiro atoms. The van der Waals surface area contributed by atoms with Gasteiger partial charge in [0.2, 0.25) is 0 Å². The van der Waals surface area contributed by atoms with E-state index >= 15 is 0 Å². The standard InChI is InChI=1S/C18H26N2O4.C2H6/c1-18(2,3)24-17(22)20-11-9-19(10-12-20)13-14-5-7-15(8-6-14)16(21)23-4;1-2/h5-8H,9-13H2,1-4H3;1-2H3. The number of esters is 1. The highest BCUT2D eigenvalue weighted by Gasteiger charge is 2.25. The lowest BCUT2D eigenvalue weighted by Crippen LogP contribution is -2.49. The van der Waals surface area contributed by atoms with Gasteiger partial charge in [-0.25, -0.2) is 9.59 Å². The summed E-state index contributed by atoms with van der Waals surface area (Å²) in [6, 6.07) is 7.43. The molecule has 0 radical (unpaired) electrons. The van der Waals surface area contributed by atoms with Crippen molar-refractivity contribution >= 4 is 12.1 Å². The third-order valence-corrected chi connectivity index (χ3v) is 3.81. The molecule has 2 rings (SSSR count). The number of nitrogens with zero attached hydrogens (tertiary/aromatic N) is 2. The molecule has 1 heterocycles. The van der Waals surface area contributed by atoms with Crippen LogP contribution in [0.5, 0.6) is 0 Å². The van der Waals surface area contributed by atoms with Gasteiger partial charge in [0.25, 0.3) is 0 Å². The maximum atomic E-state index is 12.0. The molecule has 6 nitrogen and oxygen atoms in total. The second-order valence-corrected chi connectivity index (χ2v) is 6.93. The van der Waals surface area contributed by atoms with Gasteiger partial charge in [0, 0.05) is 32.7 Å². The molecule has 1 fully saturated rings. The van der Waals surface area contributed by atoms with Crippen LogP contribution in [0.1, 0.15) is 50.5 Å². The fourth-order valence-corrected chi connectivity index (χ4v) is 2.54. The van der Waals surface area contributed by atoms with Crippen LogP contribution in [0.15, 0.2) is 24.3 Å². The van der Waals surface area contributed by atoms with Crippen LogP contribution < -0.4 is 0 Å². The lowest BCUT2D eigenvalue weighted by atomic mass is 10.1. The monoisotopic (exact) mass is 364 g/mol. The van der Waals surface area contributed by atoms with Gasteiger partial charge in [-0.2, -0.15) is 0 Å². The predicted molar refractivity (Wildman–Crippen MR) is 102 cm³/mol. The molecule has 0 saturated carbocycles. The molecule has 1 aliphatic rings. The molecular weight excluding hydrogens is 332 g/mol. The van der Waals surface area contributed by atoms with Gasteiger partial charge in [-0.3, -0.25) is 4.90 Å². The summed E-state index contributed by atoms with van der Waals surface area (Å²) in [5.74, 6) is -0.326. The maximum absolute atomic E-state index is 12.0. The van der Waals surface area contributed by atoms with Gasteiger partial charge in [-0.05, 0) is 38.5 Å². The molecule has 6 heteroatoms. The predicted octanol–water partition coefficient (Wildman–Crippen LogP) is 3.55. The van der Waals surface area contributed by atoms with Gasteiger partial charge in [-0.1, -0.05) is 26.0 Å². The summed E-state index contributed by atoms with van der Waals surface area (Å²) in [6.45, 7) is 13.3. The second-order valence-electron chi connectivity index (χ2n) is 6.93. The van der Waals surface area contributed by atoms with Crippen molar-refractivity contribution in [1.29, 1.82) is 0 Å². The van der Waals surface area contributed by atoms with Crippen LogP contribution >= 0.6 is 0 Å². The van der Waals surface area contributed by atoms with Gasteiger partial charge in [0.15, 0.2) is 0 Å². The number of rotatable bonds is 3. The van der Waals surface area contributed by atoms with Gasteiger partial charge in [-0.15, -0.1) is 0 Å². The quantitative estimate of drug-likeness (QED) is 0.768. The molecule has 0 bridgehead atoms. The van der Waals surface area contributed by atoms with E-state index in [0.717, 1.165) is 25.2 Å². The van der Waals surface area contributed by atoms with E-state index in [1.54, 1.807) is 17.0 Å². The minimum Gasteiger partial charge on any atom is -0.465 e. The Morgan fingerprint density at radius 3 is 2.00 bits per heavy atom. The molecule has 1 aromatic rings. The van der Waals surface area contributed by atoms with E-state index < -0.39 is 5.60 Å². The summed E-state index contributed by atoms with van der Waals surface area (Å²) >= 11 is 0. The van der Waals surface area contributed by atoms with Crippen LogP contribution in [0.4, 0.5) is 4.79 Å². The normalized spacial score (nSPS) is 14.9. The molecule has 0 unspecified atom stereocenters. The molecule has 0 atom stereocenters. The Hall–Kier alpha value is -2.08. The number of hydrogen-bond donors (Lipinski definition) is 0. The fourth-order valence-electron chi connectivity index (χ4n) is 2.54. The largest absolute Gasteiger partial charge is 0.465 e. The van der Waals surface area contributed by atoms with E-state index in [1.807, 2.05) is 46.8 Å². The smallest absolute Gasteiger partial charge is 0.410 e. The Labute approximate surface area is 157 Å². The van der Waals surface area contributed by atoms with E-state index in [9.17, 15) is 9.59 Å². The molecule has 1 saturated heterocycles. The molecule has 1 aliphatic heterocycles. The molecule has 0 aromatic heterocycles. The number of ether oxygens (including phenoxy) is 2. The Balaban J connectivity index is 0.00000163. The summed E-state index contributed by atoms with van der Waals surface area (Å²) in [5, 5.41) is 0. The van der Waals surface area contributed by atoms with Crippen LogP contribution in [0.2, 0.25) is 0 Å². The van der Waals surface area contributed by atoms with Crippen molar-refractivity contribution in [2.45, 2.75) is 46.8 Å². The third-order valence-electron chi connectivity index (χ3n) is 3.81. The van der Waals surface area contributed by atoms with E-state index in [1.165, 1.54) is 7.11 Å². The average Bonchev–Trinajstić information content (AvgIpc) is 2.62. The zero-order valence-corrected chi connectivity index (χ0v) is 16.9. The van der Waals surface area contributed by atoms with Crippen LogP contribution in [0.3, 0.4) is 0 Å². The van der Waals surface area contributed by atoms with Crippen molar-refractivity contribution in [3.05, 3.63) is 35.4 Å². The molecule has 146 valence electrons. The number of methoxy groups -OCH3 is 1. The van der Waals surface area contributed by atoms with E-state index in [-0.39, 0.29) is 12.1 Å². The molecule has 1 aromatic carbocycles. The summed E-state index contributed by atoms with van der Waals surface area (Å²) in [6.07, 6.45) is -0.246. The highest BCUT2D eigenvalue weighted by Crippen LogP contribution is 2.14.